The molecule has 3 aromatic heterocycles. The molecule has 1 saturated heterocycles. The molecule has 1 aromatic carbocycles. The molecule has 2 aliphatic heterocycles. The van der Waals surface area contributed by atoms with Gasteiger partial charge in [-0.25, -0.2) is 15.0 Å². The van der Waals surface area contributed by atoms with Gasteiger partial charge < -0.3 is 34.6 Å². The van der Waals surface area contributed by atoms with Gasteiger partial charge in [-0.2, -0.15) is 0 Å². The maximum atomic E-state index is 13.4. The number of benzene rings is 1. The molecular formula is C48H65N9O8. The van der Waals surface area contributed by atoms with Gasteiger partial charge in [-0.1, -0.05) is 12.5 Å². The highest BCUT2D eigenvalue weighted by Crippen LogP contribution is 2.33. The predicted octanol–water partition coefficient (Wildman–Crippen LogP) is 6.00. The molecule has 0 spiro atoms. The number of aromatic nitrogens is 4. The molecular weight excluding hydrogens is 831 g/mol. The van der Waals surface area contributed by atoms with Crippen LogP contribution in [0.5, 0.6) is 5.75 Å². The van der Waals surface area contributed by atoms with Crippen molar-refractivity contribution in [2.45, 2.75) is 116 Å². The molecule has 0 bridgehead atoms. The summed E-state index contributed by atoms with van der Waals surface area (Å²) in [5.41, 5.74) is 8.11. The van der Waals surface area contributed by atoms with Crippen molar-refractivity contribution in [3.63, 3.8) is 0 Å². The Bertz CT molecular complexity index is 2320. The van der Waals surface area contributed by atoms with Gasteiger partial charge >= 0.3 is 5.97 Å². The van der Waals surface area contributed by atoms with E-state index in [2.05, 4.69) is 50.6 Å². The van der Waals surface area contributed by atoms with Crippen LogP contribution in [0.2, 0.25) is 0 Å². The Hall–Kier alpha value is -5.49. The number of nitrogens with two attached hydrogens (primary N) is 1. The van der Waals surface area contributed by atoms with E-state index in [9.17, 15) is 19.2 Å². The second-order valence-electron chi connectivity index (χ2n) is 18.5. The van der Waals surface area contributed by atoms with Crippen LogP contribution in [0, 0.1) is 0 Å². The van der Waals surface area contributed by atoms with Gasteiger partial charge in [0.1, 0.15) is 53.6 Å². The molecule has 5 heterocycles. The van der Waals surface area contributed by atoms with Gasteiger partial charge in [0.15, 0.2) is 0 Å². The van der Waals surface area contributed by atoms with Crippen molar-refractivity contribution in [1.82, 2.24) is 34.2 Å². The van der Waals surface area contributed by atoms with E-state index < -0.39 is 35.3 Å². The topological polar surface area (TPSA) is 197 Å². The van der Waals surface area contributed by atoms with Gasteiger partial charge in [0.2, 0.25) is 5.91 Å². The standard InChI is InChI=1S/C48H65N9O8/c1-31(2)56-40-28-42(53-41-12-8-11-37(51-41)32-9-7-10-33(62-6)14-13-32)50-29-38(40)52-43(56)30-63-25-23-54-19-21-55(22-20-54)24-26-64-34-15-16-35-36(27-34)47(61)57(46(35)60)39(45(49)59)17-18-44(58)65-48(3,4)5/h8,11-12,15-16,27-29,31-33,39H,7,9-10,13-14,17-26,30H2,1-6H3,(H2,49,59)(H,50,51,53). The molecule has 7 rings (SSSR count). The van der Waals surface area contributed by atoms with Crippen LogP contribution in [0.15, 0.2) is 48.7 Å². The summed E-state index contributed by atoms with van der Waals surface area (Å²) < 4.78 is 25.4. The van der Waals surface area contributed by atoms with Gasteiger partial charge in [-0.15, -0.1) is 0 Å². The monoisotopic (exact) mass is 895 g/mol. The Labute approximate surface area is 381 Å². The molecule has 3 amide bonds. The third-order valence-corrected chi connectivity index (χ3v) is 12.4. The molecule has 350 valence electrons. The third kappa shape index (κ3) is 12.1. The highest BCUT2D eigenvalue weighted by molar-refractivity contribution is 6.23. The van der Waals surface area contributed by atoms with Crippen LogP contribution in [0.4, 0.5) is 11.6 Å². The molecule has 3 unspecified atom stereocenters. The fourth-order valence-electron chi connectivity index (χ4n) is 9.02. The van der Waals surface area contributed by atoms with E-state index in [1.165, 1.54) is 12.1 Å². The number of imidazole rings is 1. The zero-order valence-corrected chi connectivity index (χ0v) is 38.7. The molecule has 3 atom stereocenters. The fourth-order valence-corrected chi connectivity index (χ4v) is 9.02. The zero-order chi connectivity index (χ0) is 46.3. The number of hydrogen-bond donors (Lipinski definition) is 2. The lowest BCUT2D eigenvalue weighted by Gasteiger charge is -2.34. The molecule has 1 aliphatic carbocycles. The van der Waals surface area contributed by atoms with Gasteiger partial charge in [0, 0.05) is 76.5 Å². The molecule has 3 aliphatic rings. The highest BCUT2D eigenvalue weighted by atomic mass is 16.6. The van der Waals surface area contributed by atoms with Crippen LogP contribution in [-0.4, -0.2) is 135 Å². The van der Waals surface area contributed by atoms with Crippen molar-refractivity contribution in [3.8, 4) is 5.75 Å². The van der Waals surface area contributed by atoms with E-state index in [0.717, 1.165) is 104 Å². The Morgan fingerprint density at radius 2 is 1.63 bits per heavy atom. The summed E-state index contributed by atoms with van der Waals surface area (Å²) in [5, 5.41) is 3.44. The number of nitrogens with zero attached hydrogens (tertiary/aromatic N) is 7. The normalized spacial score (nSPS) is 19.1. The summed E-state index contributed by atoms with van der Waals surface area (Å²) in [7, 11) is 1.81. The van der Waals surface area contributed by atoms with Crippen LogP contribution in [-0.2, 0) is 30.4 Å². The van der Waals surface area contributed by atoms with Gasteiger partial charge in [0.25, 0.3) is 11.8 Å². The molecule has 0 radical (unpaired) electrons. The van der Waals surface area contributed by atoms with E-state index in [1.807, 2.05) is 25.4 Å². The van der Waals surface area contributed by atoms with Crippen LogP contribution < -0.4 is 15.8 Å². The van der Waals surface area contributed by atoms with Crippen molar-refractivity contribution >= 4 is 46.4 Å². The minimum atomic E-state index is -1.29. The Kier molecular flexibility index (Phi) is 15.5. The zero-order valence-electron chi connectivity index (χ0n) is 38.7. The SMILES string of the molecule is COC1CCCC(c2cccc(Nc3cc4c(cn3)nc(COCCN3CCN(CCOc5ccc6c(c5)C(=O)N(C(CCC(=O)OC(C)(C)C)C(N)=O)C6=O)CC3)n4C(C)C)n2)CC1. The first-order valence-corrected chi connectivity index (χ1v) is 23.0. The number of fused-ring (bicyclic) bond motifs is 2. The molecule has 3 N–H and O–H groups in total. The lowest BCUT2D eigenvalue weighted by atomic mass is 9.96. The summed E-state index contributed by atoms with van der Waals surface area (Å²) in [6.45, 7) is 15.9. The van der Waals surface area contributed by atoms with Crippen molar-refractivity contribution in [2.24, 2.45) is 5.73 Å². The lowest BCUT2D eigenvalue weighted by Crippen LogP contribution is -2.48. The van der Waals surface area contributed by atoms with Crippen molar-refractivity contribution in [3.05, 3.63) is 71.3 Å². The summed E-state index contributed by atoms with van der Waals surface area (Å²) in [5.74, 6) is 0.526. The highest BCUT2D eigenvalue weighted by Gasteiger charge is 2.42. The number of amides is 3. The molecule has 4 aromatic rings. The molecule has 2 fully saturated rings. The second-order valence-corrected chi connectivity index (χ2v) is 18.5. The van der Waals surface area contributed by atoms with E-state index >= 15 is 0 Å². The number of imide groups is 1. The molecule has 65 heavy (non-hydrogen) atoms. The summed E-state index contributed by atoms with van der Waals surface area (Å²) >= 11 is 0. The Balaban J connectivity index is 0.841. The average molecular weight is 896 g/mol. The number of pyridine rings is 2. The van der Waals surface area contributed by atoms with Crippen molar-refractivity contribution in [1.29, 1.82) is 0 Å². The number of ether oxygens (including phenoxy) is 4. The number of primary amides is 1. The average Bonchev–Trinajstić information content (AvgIpc) is 3.61. The molecule has 1 saturated carbocycles. The third-order valence-electron chi connectivity index (χ3n) is 12.4. The number of carbonyl (C=O) groups excluding carboxylic acids is 4. The van der Waals surface area contributed by atoms with Gasteiger partial charge in [-0.05, 0) is 97.1 Å². The van der Waals surface area contributed by atoms with E-state index in [4.69, 9.17) is 34.6 Å². The van der Waals surface area contributed by atoms with Crippen LogP contribution in [0.25, 0.3) is 11.0 Å². The number of anilines is 2. The summed E-state index contributed by atoms with van der Waals surface area (Å²) in [6.07, 6.45) is 7.36. The lowest BCUT2D eigenvalue weighted by molar-refractivity contribution is -0.155. The van der Waals surface area contributed by atoms with Gasteiger partial charge in [-0.3, -0.25) is 33.9 Å². The number of piperazine rings is 1. The van der Waals surface area contributed by atoms with Crippen LogP contribution in [0.1, 0.15) is 124 Å². The maximum absolute atomic E-state index is 13.4. The fraction of sp³-hybridized carbons (Fsp3) is 0.562. The van der Waals surface area contributed by atoms with Gasteiger partial charge in [0.05, 0.1) is 35.6 Å². The van der Waals surface area contributed by atoms with Crippen LogP contribution in [0.3, 0.4) is 0 Å². The van der Waals surface area contributed by atoms with E-state index in [1.54, 1.807) is 26.8 Å². The second kappa shape index (κ2) is 21.2. The minimum absolute atomic E-state index is 0.133. The number of carbonyl (C=O) groups is 4. The first kappa shape index (κ1) is 47.5. The first-order chi connectivity index (χ1) is 31.2. The van der Waals surface area contributed by atoms with E-state index in [0.29, 0.717) is 44.1 Å². The largest absolute Gasteiger partial charge is 0.492 e. The Morgan fingerprint density at radius 3 is 2.34 bits per heavy atom. The number of hydrogen-bond acceptors (Lipinski definition) is 14. The predicted molar refractivity (Wildman–Crippen MR) is 245 cm³/mol. The van der Waals surface area contributed by atoms with E-state index in [-0.39, 0.29) is 30.0 Å². The molecule has 17 heteroatoms. The maximum Gasteiger partial charge on any atom is 0.306 e. The van der Waals surface area contributed by atoms with Crippen LogP contribution >= 0.6 is 0 Å². The number of rotatable bonds is 19. The summed E-state index contributed by atoms with van der Waals surface area (Å²) in [4.78, 5) is 71.4. The number of nitrogens with one attached hydrogen (secondary N) is 1. The summed E-state index contributed by atoms with van der Waals surface area (Å²) in [6, 6.07) is 11.8. The van der Waals surface area contributed by atoms with Crippen molar-refractivity contribution < 1.29 is 38.1 Å². The smallest absolute Gasteiger partial charge is 0.306 e. The molecule has 17 nitrogen and oxygen atoms in total. The Morgan fingerprint density at radius 1 is 0.892 bits per heavy atom. The first-order valence-electron chi connectivity index (χ1n) is 23.0. The quantitative estimate of drug-likeness (QED) is 0.0481. The number of esters is 1. The number of methoxy groups -OCH3 is 1. The van der Waals surface area contributed by atoms with Crippen molar-refractivity contribution in [2.75, 3.05) is 64.9 Å². The minimum Gasteiger partial charge on any atom is -0.492 e.